The summed E-state index contributed by atoms with van der Waals surface area (Å²) in [7, 11) is 0. The molecule has 0 unspecified atom stereocenters. The van der Waals surface area contributed by atoms with E-state index in [4.69, 9.17) is 15.8 Å². The van der Waals surface area contributed by atoms with Gasteiger partial charge in [-0.3, -0.25) is 0 Å². The topological polar surface area (TPSA) is 63.8 Å². The number of nitrogen functional groups attached to an aromatic ring is 1. The van der Waals surface area contributed by atoms with Crippen molar-refractivity contribution in [2.75, 3.05) is 5.43 Å². The Labute approximate surface area is 130 Å². The van der Waals surface area contributed by atoms with Crippen molar-refractivity contribution < 1.29 is 0 Å². The van der Waals surface area contributed by atoms with Crippen molar-refractivity contribution in [1.29, 1.82) is 0 Å². The molecule has 0 aromatic carbocycles. The van der Waals surface area contributed by atoms with Crippen LogP contribution in [0.1, 0.15) is 68.5 Å². The fourth-order valence-electron chi connectivity index (χ4n) is 3.17. The minimum atomic E-state index is 0.494. The normalized spacial score (nSPS) is 17.6. The van der Waals surface area contributed by atoms with Gasteiger partial charge in [0.25, 0.3) is 0 Å². The van der Waals surface area contributed by atoms with Crippen LogP contribution in [0.4, 0.5) is 5.82 Å². The van der Waals surface area contributed by atoms with E-state index in [1.165, 1.54) is 49.8 Å². The van der Waals surface area contributed by atoms with E-state index in [2.05, 4.69) is 18.4 Å². The van der Waals surface area contributed by atoms with Gasteiger partial charge in [0.1, 0.15) is 10.7 Å². The molecule has 2 heterocycles. The van der Waals surface area contributed by atoms with Crippen molar-refractivity contribution in [2.45, 2.75) is 64.2 Å². The number of fused-ring (bicyclic) bond motifs is 1. The lowest BCUT2D eigenvalue weighted by Gasteiger charge is -2.19. The second-order valence-electron chi connectivity index (χ2n) is 5.90. The maximum absolute atomic E-state index is 5.69. The Balaban J connectivity index is 1.97. The fourth-order valence-corrected chi connectivity index (χ4v) is 4.14. The predicted molar refractivity (Wildman–Crippen MR) is 89.7 cm³/mol. The Kier molecular flexibility index (Phi) is 4.70. The molecule has 0 saturated heterocycles. The lowest BCUT2D eigenvalue weighted by molar-refractivity contribution is 0.443. The average molecular weight is 304 g/mol. The Bertz CT molecular complexity index is 600. The first-order valence-electron chi connectivity index (χ1n) is 8.08. The molecule has 3 N–H and O–H groups in total. The van der Waals surface area contributed by atoms with Crippen LogP contribution >= 0.6 is 11.3 Å². The van der Waals surface area contributed by atoms with E-state index in [0.29, 0.717) is 5.92 Å². The number of nitrogens with one attached hydrogen (secondary N) is 1. The fraction of sp³-hybridized carbons (Fsp3) is 0.625. The molecular weight excluding hydrogens is 280 g/mol. The molecule has 0 radical (unpaired) electrons. The number of thiophene rings is 1. The van der Waals surface area contributed by atoms with E-state index in [1.54, 1.807) is 11.3 Å². The number of hydrazine groups is 1. The molecule has 1 aliphatic carbocycles. The van der Waals surface area contributed by atoms with E-state index in [0.717, 1.165) is 28.3 Å². The number of hydrogen-bond acceptors (Lipinski definition) is 5. The zero-order valence-electron chi connectivity index (χ0n) is 12.7. The maximum atomic E-state index is 5.69. The maximum Gasteiger partial charge on any atom is 0.152 e. The average Bonchev–Trinajstić information content (AvgIpc) is 2.89. The number of nitrogens with two attached hydrogens (primary N) is 1. The molecule has 1 aliphatic rings. The third-order valence-corrected chi connectivity index (χ3v) is 5.59. The van der Waals surface area contributed by atoms with Crippen molar-refractivity contribution in [1.82, 2.24) is 9.97 Å². The van der Waals surface area contributed by atoms with Gasteiger partial charge in [0.2, 0.25) is 0 Å². The number of hydrogen-bond donors (Lipinski definition) is 2. The molecule has 4 nitrogen and oxygen atoms in total. The first-order valence-corrected chi connectivity index (χ1v) is 8.90. The van der Waals surface area contributed by atoms with Gasteiger partial charge in [-0.15, -0.1) is 11.3 Å². The Morgan fingerprint density at radius 2 is 1.90 bits per heavy atom. The van der Waals surface area contributed by atoms with Gasteiger partial charge < -0.3 is 5.43 Å². The number of rotatable bonds is 3. The summed E-state index contributed by atoms with van der Waals surface area (Å²) in [5, 5.41) is 1.06. The van der Waals surface area contributed by atoms with Gasteiger partial charge in [-0.05, 0) is 25.3 Å². The molecule has 0 aliphatic heterocycles. The van der Waals surface area contributed by atoms with Crippen LogP contribution in [0, 0.1) is 0 Å². The van der Waals surface area contributed by atoms with Crippen molar-refractivity contribution in [2.24, 2.45) is 5.84 Å². The van der Waals surface area contributed by atoms with Gasteiger partial charge in [0.15, 0.2) is 5.82 Å². The van der Waals surface area contributed by atoms with Crippen molar-refractivity contribution in [3.05, 3.63) is 16.8 Å². The molecular formula is C16H24N4S. The Hall–Kier alpha value is -1.20. The van der Waals surface area contributed by atoms with E-state index in [9.17, 15) is 0 Å². The van der Waals surface area contributed by atoms with E-state index in [1.807, 2.05) is 0 Å². The molecule has 1 saturated carbocycles. The van der Waals surface area contributed by atoms with E-state index >= 15 is 0 Å². The van der Waals surface area contributed by atoms with Crippen LogP contribution in [0.5, 0.6) is 0 Å². The summed E-state index contributed by atoms with van der Waals surface area (Å²) in [6.45, 7) is 2.17. The smallest absolute Gasteiger partial charge is 0.152 e. The Morgan fingerprint density at radius 3 is 2.57 bits per heavy atom. The van der Waals surface area contributed by atoms with Crippen LogP contribution in [0.2, 0.25) is 0 Å². The highest BCUT2D eigenvalue weighted by Crippen LogP contribution is 2.34. The van der Waals surface area contributed by atoms with Gasteiger partial charge >= 0.3 is 0 Å². The minimum Gasteiger partial charge on any atom is -0.308 e. The standard InChI is InChI=1S/C16H24N4S/c1-2-12-10-13-15(20-17)18-14(19-16(13)21-12)11-8-6-4-3-5-7-9-11/h10-11H,2-9,17H2,1H3,(H,18,19,20). The van der Waals surface area contributed by atoms with E-state index in [-0.39, 0.29) is 0 Å². The molecule has 1 fully saturated rings. The summed E-state index contributed by atoms with van der Waals surface area (Å²) < 4.78 is 0. The molecule has 114 valence electrons. The highest BCUT2D eigenvalue weighted by atomic mass is 32.1. The van der Waals surface area contributed by atoms with Crippen molar-refractivity contribution in [3.63, 3.8) is 0 Å². The van der Waals surface area contributed by atoms with Crippen LogP contribution < -0.4 is 11.3 Å². The minimum absolute atomic E-state index is 0.494. The van der Waals surface area contributed by atoms with Gasteiger partial charge in [-0.25, -0.2) is 15.8 Å². The van der Waals surface area contributed by atoms with Crippen LogP contribution in [0.15, 0.2) is 6.07 Å². The second kappa shape index (κ2) is 6.71. The number of aryl methyl sites for hydroxylation is 1. The molecule has 0 spiro atoms. The highest BCUT2D eigenvalue weighted by Gasteiger charge is 2.19. The first-order chi connectivity index (χ1) is 10.3. The van der Waals surface area contributed by atoms with E-state index < -0.39 is 0 Å². The summed E-state index contributed by atoms with van der Waals surface area (Å²) in [6.07, 6.45) is 10.1. The molecule has 0 atom stereocenters. The largest absolute Gasteiger partial charge is 0.308 e. The first kappa shape index (κ1) is 14.7. The highest BCUT2D eigenvalue weighted by molar-refractivity contribution is 7.18. The monoisotopic (exact) mass is 304 g/mol. The number of aromatic nitrogens is 2. The number of nitrogens with zero attached hydrogens (tertiary/aromatic N) is 2. The van der Waals surface area contributed by atoms with Crippen molar-refractivity contribution in [3.8, 4) is 0 Å². The quantitative estimate of drug-likeness (QED) is 0.653. The SMILES string of the molecule is CCc1cc2c(NN)nc(C3CCCCCCC3)nc2s1. The molecule has 3 rings (SSSR count). The molecule has 21 heavy (non-hydrogen) atoms. The molecule has 2 aromatic heterocycles. The zero-order valence-corrected chi connectivity index (χ0v) is 13.5. The van der Waals surface area contributed by atoms with Crippen molar-refractivity contribution >= 4 is 27.4 Å². The lowest BCUT2D eigenvalue weighted by atomic mass is 9.90. The van der Waals surface area contributed by atoms with Crippen LogP contribution in [0.3, 0.4) is 0 Å². The lowest BCUT2D eigenvalue weighted by Crippen LogP contribution is -2.13. The van der Waals surface area contributed by atoms with Crippen LogP contribution in [-0.4, -0.2) is 9.97 Å². The summed E-state index contributed by atoms with van der Waals surface area (Å²) in [6, 6.07) is 2.16. The van der Waals surface area contributed by atoms with Gasteiger partial charge in [-0.2, -0.15) is 0 Å². The zero-order chi connectivity index (χ0) is 14.7. The van der Waals surface area contributed by atoms with Gasteiger partial charge in [0, 0.05) is 10.8 Å². The molecule has 2 aromatic rings. The van der Waals surface area contributed by atoms with Gasteiger partial charge in [0.05, 0.1) is 5.39 Å². The summed E-state index contributed by atoms with van der Waals surface area (Å²) in [5.41, 5.74) is 2.77. The van der Waals surface area contributed by atoms with Crippen LogP contribution in [-0.2, 0) is 6.42 Å². The van der Waals surface area contributed by atoms with Gasteiger partial charge in [-0.1, -0.05) is 39.0 Å². The third-order valence-electron chi connectivity index (χ3n) is 4.42. The molecule has 0 bridgehead atoms. The summed E-state index contributed by atoms with van der Waals surface area (Å²) >= 11 is 1.77. The summed E-state index contributed by atoms with van der Waals surface area (Å²) in [4.78, 5) is 12.0. The third kappa shape index (κ3) is 3.19. The Morgan fingerprint density at radius 1 is 1.19 bits per heavy atom. The molecule has 5 heteroatoms. The molecule has 0 amide bonds. The van der Waals surface area contributed by atoms with Crippen LogP contribution in [0.25, 0.3) is 10.2 Å². The predicted octanol–water partition coefficient (Wildman–Crippen LogP) is 4.37. The number of anilines is 1. The summed E-state index contributed by atoms with van der Waals surface area (Å²) in [5.74, 6) is 7.95. The second-order valence-corrected chi connectivity index (χ2v) is 7.02.